The van der Waals surface area contributed by atoms with Gasteiger partial charge in [-0.1, -0.05) is 35.9 Å². The van der Waals surface area contributed by atoms with Crippen molar-refractivity contribution in [2.45, 2.75) is 0 Å². The van der Waals surface area contributed by atoms with Crippen LogP contribution in [-0.2, 0) is 0 Å². The van der Waals surface area contributed by atoms with Gasteiger partial charge in [-0.15, -0.1) is 6.58 Å². The van der Waals surface area contributed by atoms with Crippen molar-refractivity contribution in [3.8, 4) is 11.5 Å². The Balaban J connectivity index is 2.37. The van der Waals surface area contributed by atoms with Crippen LogP contribution in [0.15, 0.2) is 55.1 Å². The minimum absolute atomic E-state index is 0.109. The molecule has 0 heterocycles. The van der Waals surface area contributed by atoms with Crippen LogP contribution in [0.1, 0.15) is 0 Å². The number of halogens is 1. The van der Waals surface area contributed by atoms with E-state index in [-0.39, 0.29) is 10.7 Å². The number of para-hydroxylation sites is 1. The highest BCUT2D eigenvalue weighted by Gasteiger charge is 2.18. The van der Waals surface area contributed by atoms with Crippen molar-refractivity contribution >= 4 is 23.0 Å². The van der Waals surface area contributed by atoms with Crippen LogP contribution in [0.2, 0.25) is 5.02 Å². The smallest absolute Gasteiger partial charge is 0.294 e. The Morgan fingerprint density at radius 1 is 1.33 bits per heavy atom. The molecule has 0 aliphatic carbocycles. The van der Waals surface area contributed by atoms with Gasteiger partial charge in [0.25, 0.3) is 5.69 Å². The first-order chi connectivity index (χ1) is 10.1. The zero-order valence-corrected chi connectivity index (χ0v) is 11.8. The Morgan fingerprint density at radius 3 is 2.67 bits per heavy atom. The molecule has 0 aromatic heterocycles. The summed E-state index contributed by atoms with van der Waals surface area (Å²) in [6.07, 6.45) is 1.61. The lowest BCUT2D eigenvalue weighted by Gasteiger charge is -2.11. The molecule has 2 rings (SSSR count). The van der Waals surface area contributed by atoms with Crippen molar-refractivity contribution in [2.75, 3.05) is 11.9 Å². The molecule has 0 unspecified atom stereocenters. The summed E-state index contributed by atoms with van der Waals surface area (Å²) in [7, 11) is 0. The third-order valence-corrected chi connectivity index (χ3v) is 2.95. The topological polar surface area (TPSA) is 64.4 Å². The van der Waals surface area contributed by atoms with Crippen LogP contribution in [-0.4, -0.2) is 11.5 Å². The average Bonchev–Trinajstić information content (AvgIpc) is 2.48. The Kier molecular flexibility index (Phi) is 4.79. The fourth-order valence-corrected chi connectivity index (χ4v) is 1.91. The molecule has 1 N–H and O–H groups in total. The fraction of sp³-hybridized carbons (Fsp3) is 0.0667. The zero-order valence-electron chi connectivity index (χ0n) is 11.1. The highest BCUT2D eigenvalue weighted by molar-refractivity contribution is 6.32. The third-order valence-electron chi connectivity index (χ3n) is 2.65. The molecule has 0 spiro atoms. The lowest BCUT2D eigenvalue weighted by Crippen LogP contribution is -2.02. The largest absolute Gasteiger partial charge is 0.456 e. The van der Waals surface area contributed by atoms with Crippen LogP contribution >= 0.6 is 11.6 Å². The average molecular weight is 305 g/mol. The van der Waals surface area contributed by atoms with Gasteiger partial charge < -0.3 is 10.1 Å². The van der Waals surface area contributed by atoms with Crippen LogP contribution < -0.4 is 10.1 Å². The van der Waals surface area contributed by atoms with Gasteiger partial charge in [0.1, 0.15) is 17.2 Å². The lowest BCUT2D eigenvalue weighted by molar-refractivity contribution is -0.383. The molecule has 5 nitrogen and oxygen atoms in total. The van der Waals surface area contributed by atoms with E-state index in [9.17, 15) is 10.1 Å². The van der Waals surface area contributed by atoms with Gasteiger partial charge in [0.05, 0.1) is 9.95 Å². The number of anilines is 1. The quantitative estimate of drug-likeness (QED) is 0.480. The Morgan fingerprint density at radius 2 is 2.05 bits per heavy atom. The van der Waals surface area contributed by atoms with Crippen LogP contribution in [0.4, 0.5) is 11.4 Å². The molecule has 0 saturated carbocycles. The number of nitrogens with zero attached hydrogens (tertiary/aromatic N) is 1. The van der Waals surface area contributed by atoms with E-state index in [1.54, 1.807) is 18.2 Å². The molecule has 0 atom stereocenters. The molecule has 0 amide bonds. The van der Waals surface area contributed by atoms with E-state index in [2.05, 4.69) is 11.9 Å². The number of nitro benzene ring substituents is 1. The second-order valence-electron chi connectivity index (χ2n) is 4.14. The molecule has 0 aliphatic rings. The SMILES string of the molecule is C=CCNc1cc(Oc2ccccc2)c(Cl)cc1[N+](=O)[O-]. The Hall–Kier alpha value is -2.53. The molecule has 2 aromatic rings. The lowest BCUT2D eigenvalue weighted by atomic mass is 10.2. The van der Waals surface area contributed by atoms with Gasteiger partial charge in [0.15, 0.2) is 0 Å². The van der Waals surface area contributed by atoms with Crippen LogP contribution in [0.3, 0.4) is 0 Å². The monoisotopic (exact) mass is 304 g/mol. The summed E-state index contributed by atoms with van der Waals surface area (Å²) in [6.45, 7) is 3.96. The molecule has 0 fully saturated rings. The van der Waals surface area contributed by atoms with Crippen molar-refractivity contribution in [2.24, 2.45) is 0 Å². The van der Waals surface area contributed by atoms with Crippen molar-refractivity contribution < 1.29 is 9.66 Å². The minimum Gasteiger partial charge on any atom is -0.456 e. The summed E-state index contributed by atoms with van der Waals surface area (Å²) >= 11 is 6.05. The van der Waals surface area contributed by atoms with Gasteiger partial charge in [-0.2, -0.15) is 0 Å². The molecule has 0 bridgehead atoms. The number of benzene rings is 2. The van der Waals surface area contributed by atoms with Gasteiger partial charge >= 0.3 is 0 Å². The summed E-state index contributed by atoms with van der Waals surface area (Å²) in [5.74, 6) is 0.947. The Labute approximate surface area is 127 Å². The number of hydrogen-bond donors (Lipinski definition) is 1. The maximum absolute atomic E-state index is 11.0. The van der Waals surface area contributed by atoms with Crippen molar-refractivity contribution in [3.05, 3.63) is 70.3 Å². The number of nitro groups is 1. The molecule has 0 saturated heterocycles. The number of hydrogen-bond acceptors (Lipinski definition) is 4. The van der Waals surface area contributed by atoms with Gasteiger partial charge in [0.2, 0.25) is 0 Å². The molecule has 0 aliphatic heterocycles. The summed E-state index contributed by atoms with van der Waals surface area (Å²) in [6, 6.07) is 11.8. The first kappa shape index (κ1) is 14.9. The van der Waals surface area contributed by atoms with Crippen LogP contribution in [0.25, 0.3) is 0 Å². The van der Waals surface area contributed by atoms with Gasteiger partial charge in [0, 0.05) is 18.7 Å². The highest BCUT2D eigenvalue weighted by atomic mass is 35.5. The fourth-order valence-electron chi connectivity index (χ4n) is 1.71. The molecule has 2 aromatic carbocycles. The predicted octanol–water partition coefficient (Wildman–Crippen LogP) is 4.64. The molecule has 6 heteroatoms. The second kappa shape index (κ2) is 6.76. The molecule has 108 valence electrons. The Bertz CT molecular complexity index is 659. The maximum Gasteiger partial charge on any atom is 0.294 e. The first-order valence-corrected chi connectivity index (χ1v) is 6.55. The first-order valence-electron chi connectivity index (χ1n) is 6.17. The molecular weight excluding hydrogens is 292 g/mol. The maximum atomic E-state index is 11.0. The van der Waals surface area contributed by atoms with Crippen LogP contribution in [0.5, 0.6) is 11.5 Å². The molecule has 0 radical (unpaired) electrons. The van der Waals surface area contributed by atoms with Crippen LogP contribution in [0, 0.1) is 10.1 Å². The summed E-state index contributed by atoms with van der Waals surface area (Å²) < 4.78 is 5.64. The zero-order chi connectivity index (χ0) is 15.2. The summed E-state index contributed by atoms with van der Waals surface area (Å²) in [4.78, 5) is 10.6. The van der Waals surface area contributed by atoms with Gasteiger partial charge in [-0.05, 0) is 12.1 Å². The third kappa shape index (κ3) is 3.73. The summed E-state index contributed by atoms with van der Waals surface area (Å²) in [5, 5.41) is 14.1. The van der Waals surface area contributed by atoms with Crippen molar-refractivity contribution in [1.82, 2.24) is 0 Å². The van der Waals surface area contributed by atoms with Crippen molar-refractivity contribution in [3.63, 3.8) is 0 Å². The molecule has 21 heavy (non-hydrogen) atoms. The second-order valence-corrected chi connectivity index (χ2v) is 4.55. The van der Waals surface area contributed by atoms with E-state index >= 15 is 0 Å². The van der Waals surface area contributed by atoms with Gasteiger partial charge in [-0.3, -0.25) is 10.1 Å². The van der Waals surface area contributed by atoms with E-state index in [0.717, 1.165) is 0 Å². The molecular formula is C15H13ClN2O3. The predicted molar refractivity (Wildman–Crippen MR) is 83.3 cm³/mol. The number of nitrogens with one attached hydrogen (secondary N) is 1. The van der Waals surface area contributed by atoms with E-state index in [1.807, 2.05) is 18.2 Å². The van der Waals surface area contributed by atoms with E-state index in [0.29, 0.717) is 23.7 Å². The minimum atomic E-state index is -0.496. The highest BCUT2D eigenvalue weighted by Crippen LogP contribution is 2.37. The summed E-state index contributed by atoms with van der Waals surface area (Å²) in [5.41, 5.74) is 0.220. The number of ether oxygens (including phenoxy) is 1. The normalized spacial score (nSPS) is 9.95. The van der Waals surface area contributed by atoms with E-state index in [1.165, 1.54) is 12.1 Å². The van der Waals surface area contributed by atoms with Gasteiger partial charge in [-0.25, -0.2) is 0 Å². The number of rotatable bonds is 6. The van der Waals surface area contributed by atoms with Crippen molar-refractivity contribution in [1.29, 1.82) is 0 Å². The standard InChI is InChI=1S/C15H13ClN2O3/c1-2-8-17-13-10-15(12(16)9-14(13)18(19)20)21-11-6-4-3-5-7-11/h2-7,9-10,17H,1,8H2. The van der Waals surface area contributed by atoms with E-state index in [4.69, 9.17) is 16.3 Å². The van der Waals surface area contributed by atoms with E-state index < -0.39 is 4.92 Å².